The normalized spacial score (nSPS) is 16.6. The maximum absolute atomic E-state index is 6.25. The summed E-state index contributed by atoms with van der Waals surface area (Å²) >= 11 is 6.25. The lowest BCUT2D eigenvalue weighted by atomic mass is 9.74. The summed E-state index contributed by atoms with van der Waals surface area (Å²) in [7, 11) is 1.79. The van der Waals surface area contributed by atoms with Gasteiger partial charge in [-0.05, 0) is 49.1 Å². The largest absolute Gasteiger partial charge is 0.467 e. The number of rotatable bonds is 9. The van der Waals surface area contributed by atoms with E-state index < -0.39 is 0 Å². The Labute approximate surface area is 177 Å². The molecule has 6 nitrogen and oxygen atoms in total. The molecule has 1 aliphatic heterocycles. The van der Waals surface area contributed by atoms with Crippen LogP contribution >= 0.6 is 11.6 Å². The second-order valence-corrected chi connectivity index (χ2v) is 7.68. The number of nitrogens with one attached hydrogen (secondary N) is 2. The van der Waals surface area contributed by atoms with Crippen LogP contribution in [0.15, 0.2) is 52.1 Å². The average molecular weight is 420 g/mol. The first-order valence-corrected chi connectivity index (χ1v) is 10.5. The van der Waals surface area contributed by atoms with Crippen molar-refractivity contribution in [2.75, 3.05) is 40.0 Å². The second kappa shape index (κ2) is 11.2. The molecule has 1 aromatic carbocycles. The first kappa shape index (κ1) is 21.7. The van der Waals surface area contributed by atoms with Crippen LogP contribution in [0.1, 0.15) is 30.6 Å². The number of nitrogens with zero attached hydrogens (tertiary/aromatic N) is 1. The summed E-state index contributed by atoms with van der Waals surface area (Å²) in [6.07, 6.45) is 4.45. The highest BCUT2D eigenvalue weighted by molar-refractivity contribution is 6.30. The van der Waals surface area contributed by atoms with Gasteiger partial charge >= 0.3 is 0 Å². The van der Waals surface area contributed by atoms with E-state index in [1.807, 2.05) is 24.3 Å². The molecule has 2 N–H and O–H groups in total. The zero-order valence-corrected chi connectivity index (χ0v) is 17.7. The number of ether oxygens (including phenoxy) is 2. The molecule has 2 heterocycles. The summed E-state index contributed by atoms with van der Waals surface area (Å²) in [6, 6.07) is 11.9. The number of guanidine groups is 1. The zero-order chi connectivity index (χ0) is 20.4. The van der Waals surface area contributed by atoms with Gasteiger partial charge in [0.25, 0.3) is 0 Å². The first-order chi connectivity index (χ1) is 14.2. The van der Waals surface area contributed by atoms with Crippen LogP contribution in [0.5, 0.6) is 0 Å². The Morgan fingerprint density at radius 3 is 2.79 bits per heavy atom. The quantitative estimate of drug-likeness (QED) is 0.368. The Kier molecular flexibility index (Phi) is 8.40. The van der Waals surface area contributed by atoms with Gasteiger partial charge in [0.2, 0.25) is 0 Å². The molecule has 1 fully saturated rings. The van der Waals surface area contributed by atoms with Crippen molar-refractivity contribution in [1.29, 1.82) is 0 Å². The van der Waals surface area contributed by atoms with Crippen molar-refractivity contribution < 1.29 is 13.9 Å². The van der Waals surface area contributed by atoms with Gasteiger partial charge in [0.1, 0.15) is 12.4 Å². The lowest BCUT2D eigenvalue weighted by molar-refractivity contribution is 0.0514. The fourth-order valence-electron chi connectivity index (χ4n) is 3.57. The van der Waals surface area contributed by atoms with Crippen LogP contribution in [0.25, 0.3) is 0 Å². The molecule has 0 aliphatic carbocycles. The van der Waals surface area contributed by atoms with Crippen LogP contribution in [0, 0.1) is 0 Å². The van der Waals surface area contributed by atoms with Gasteiger partial charge in [0, 0.05) is 50.4 Å². The molecule has 158 valence electrons. The minimum Gasteiger partial charge on any atom is -0.467 e. The number of benzene rings is 1. The minimum absolute atomic E-state index is 0.00702. The summed E-state index contributed by atoms with van der Waals surface area (Å²) in [5, 5.41) is 7.63. The highest BCUT2D eigenvalue weighted by Gasteiger charge is 2.34. The van der Waals surface area contributed by atoms with Gasteiger partial charge in [0.15, 0.2) is 5.96 Å². The van der Waals surface area contributed by atoms with Crippen molar-refractivity contribution in [3.8, 4) is 0 Å². The summed E-state index contributed by atoms with van der Waals surface area (Å²) in [5.41, 5.74) is 1.25. The van der Waals surface area contributed by atoms with Gasteiger partial charge in [-0.3, -0.25) is 4.99 Å². The van der Waals surface area contributed by atoms with Crippen LogP contribution in [0.4, 0.5) is 0 Å². The van der Waals surface area contributed by atoms with E-state index in [1.54, 1.807) is 13.3 Å². The van der Waals surface area contributed by atoms with Gasteiger partial charge in [-0.15, -0.1) is 0 Å². The highest BCUT2D eigenvalue weighted by Crippen LogP contribution is 2.35. The van der Waals surface area contributed by atoms with E-state index in [2.05, 4.69) is 27.8 Å². The van der Waals surface area contributed by atoms with E-state index in [-0.39, 0.29) is 5.41 Å². The average Bonchev–Trinajstić information content (AvgIpc) is 3.27. The maximum Gasteiger partial charge on any atom is 0.191 e. The molecule has 1 aromatic heterocycles. The number of aliphatic imine (C=N–C) groups is 1. The molecule has 0 spiro atoms. The van der Waals surface area contributed by atoms with Crippen molar-refractivity contribution in [2.45, 2.75) is 31.3 Å². The van der Waals surface area contributed by atoms with Crippen molar-refractivity contribution in [1.82, 2.24) is 10.6 Å². The van der Waals surface area contributed by atoms with Gasteiger partial charge in [-0.1, -0.05) is 23.7 Å². The minimum atomic E-state index is -0.00702. The smallest absolute Gasteiger partial charge is 0.191 e. The number of furan rings is 1. The summed E-state index contributed by atoms with van der Waals surface area (Å²) in [6.45, 7) is 4.25. The number of hydrogen-bond donors (Lipinski definition) is 2. The molecule has 0 unspecified atom stereocenters. The highest BCUT2D eigenvalue weighted by atomic mass is 35.5. The molecule has 3 rings (SSSR count). The molecule has 0 atom stereocenters. The standard InChI is InChI=1S/C22H30ClN3O3/c1-24-21(25-10-4-11-28-16-20-7-3-12-29-20)26-17-22(8-13-27-14-9-22)18-5-2-6-19(23)15-18/h2-3,5-7,12,15H,4,8-11,13-14,16-17H2,1H3,(H2,24,25,26). The van der Waals surface area contributed by atoms with E-state index in [1.165, 1.54) is 5.56 Å². The SMILES string of the molecule is CN=C(NCCCOCc1ccco1)NCC1(c2cccc(Cl)c2)CCOCC1. The van der Waals surface area contributed by atoms with Crippen molar-refractivity contribution in [3.63, 3.8) is 0 Å². The van der Waals surface area contributed by atoms with Crippen LogP contribution in [0.2, 0.25) is 5.02 Å². The van der Waals surface area contributed by atoms with Gasteiger partial charge in [-0.2, -0.15) is 0 Å². The molecule has 1 aliphatic rings. The Balaban J connectivity index is 1.45. The third-order valence-corrected chi connectivity index (χ3v) is 5.52. The summed E-state index contributed by atoms with van der Waals surface area (Å²) in [5.74, 6) is 1.64. The molecule has 1 saturated heterocycles. The second-order valence-electron chi connectivity index (χ2n) is 7.24. The predicted molar refractivity (Wildman–Crippen MR) is 116 cm³/mol. The van der Waals surface area contributed by atoms with Crippen LogP contribution in [0.3, 0.4) is 0 Å². The molecule has 29 heavy (non-hydrogen) atoms. The Bertz CT molecular complexity index is 758. The van der Waals surface area contributed by atoms with E-state index >= 15 is 0 Å². The van der Waals surface area contributed by atoms with E-state index in [9.17, 15) is 0 Å². The molecule has 7 heteroatoms. The van der Waals surface area contributed by atoms with E-state index in [4.69, 9.17) is 25.5 Å². The van der Waals surface area contributed by atoms with Gasteiger partial charge in [-0.25, -0.2) is 0 Å². The molecule has 0 saturated carbocycles. The molecular formula is C22H30ClN3O3. The van der Waals surface area contributed by atoms with Crippen molar-refractivity contribution >= 4 is 17.6 Å². The van der Waals surface area contributed by atoms with Crippen molar-refractivity contribution in [3.05, 3.63) is 59.0 Å². The number of hydrogen-bond acceptors (Lipinski definition) is 4. The molecule has 0 bridgehead atoms. The molecule has 0 amide bonds. The Morgan fingerprint density at radius 2 is 2.07 bits per heavy atom. The fraction of sp³-hybridized carbons (Fsp3) is 0.500. The third-order valence-electron chi connectivity index (χ3n) is 5.29. The Morgan fingerprint density at radius 1 is 1.21 bits per heavy atom. The van der Waals surface area contributed by atoms with E-state index in [0.29, 0.717) is 13.2 Å². The van der Waals surface area contributed by atoms with E-state index in [0.717, 1.165) is 62.3 Å². The Hall–Kier alpha value is -2.02. The third kappa shape index (κ3) is 6.49. The van der Waals surface area contributed by atoms with Gasteiger partial charge < -0.3 is 24.5 Å². The van der Waals surface area contributed by atoms with Crippen LogP contribution in [-0.2, 0) is 21.5 Å². The topological polar surface area (TPSA) is 68.0 Å². The summed E-state index contributed by atoms with van der Waals surface area (Å²) < 4.78 is 16.5. The zero-order valence-electron chi connectivity index (χ0n) is 17.0. The fourth-order valence-corrected chi connectivity index (χ4v) is 3.76. The lowest BCUT2D eigenvalue weighted by Gasteiger charge is -2.38. The van der Waals surface area contributed by atoms with Crippen LogP contribution < -0.4 is 10.6 Å². The molecule has 0 radical (unpaired) electrons. The van der Waals surface area contributed by atoms with Crippen LogP contribution in [-0.4, -0.2) is 45.9 Å². The monoisotopic (exact) mass is 419 g/mol. The lowest BCUT2D eigenvalue weighted by Crippen LogP contribution is -2.48. The van der Waals surface area contributed by atoms with Gasteiger partial charge in [0.05, 0.1) is 6.26 Å². The molecular weight excluding hydrogens is 390 g/mol. The predicted octanol–water partition coefficient (Wildman–Crippen LogP) is 3.75. The van der Waals surface area contributed by atoms with Crippen molar-refractivity contribution in [2.24, 2.45) is 4.99 Å². The maximum atomic E-state index is 6.25. The summed E-state index contributed by atoms with van der Waals surface area (Å²) in [4.78, 5) is 4.35. The first-order valence-electron chi connectivity index (χ1n) is 10.1. The number of halogens is 1. The molecule has 2 aromatic rings.